The van der Waals surface area contributed by atoms with Crippen LogP contribution < -0.4 is 5.32 Å². The number of aryl methyl sites for hydroxylation is 1. The molecule has 0 heterocycles. The monoisotopic (exact) mass is 273 g/mol. The van der Waals surface area contributed by atoms with Crippen LogP contribution in [0.25, 0.3) is 6.08 Å². The van der Waals surface area contributed by atoms with Crippen molar-refractivity contribution < 1.29 is 9.53 Å². The predicted octanol–water partition coefficient (Wildman–Crippen LogP) is 3.93. The third-order valence-electron chi connectivity index (χ3n) is 3.37. The standard InChI is InChI=1S/C17H23NO2/c1-12(18-16(19)20-17(2,3)4)14-10-9-13-7-5-6-8-15(13)11-14/h5-8,11-12H,9-10H2,1-4H3,(H,18,19). The first-order valence-electron chi connectivity index (χ1n) is 7.13. The van der Waals surface area contributed by atoms with Gasteiger partial charge in [-0.3, -0.25) is 0 Å². The summed E-state index contributed by atoms with van der Waals surface area (Å²) in [5.41, 5.74) is 3.42. The van der Waals surface area contributed by atoms with Crippen LogP contribution in [0.4, 0.5) is 4.79 Å². The molecule has 0 aromatic heterocycles. The number of benzene rings is 1. The normalized spacial score (nSPS) is 15.9. The molecule has 2 rings (SSSR count). The molecule has 0 aliphatic heterocycles. The fourth-order valence-electron chi connectivity index (χ4n) is 2.37. The van der Waals surface area contributed by atoms with E-state index in [-0.39, 0.29) is 12.1 Å². The van der Waals surface area contributed by atoms with Gasteiger partial charge in [-0.05, 0) is 57.2 Å². The molecular formula is C17H23NO2. The summed E-state index contributed by atoms with van der Waals surface area (Å²) in [5.74, 6) is 0. The summed E-state index contributed by atoms with van der Waals surface area (Å²) in [6.07, 6.45) is 3.83. The lowest BCUT2D eigenvalue weighted by Crippen LogP contribution is -2.38. The molecule has 0 saturated carbocycles. The fraction of sp³-hybridized carbons (Fsp3) is 0.471. The molecule has 0 spiro atoms. The molecule has 3 heteroatoms. The Morgan fingerprint density at radius 1 is 1.25 bits per heavy atom. The van der Waals surface area contributed by atoms with Gasteiger partial charge in [-0.2, -0.15) is 0 Å². The molecule has 1 atom stereocenters. The van der Waals surface area contributed by atoms with Gasteiger partial charge in [0.05, 0.1) is 6.04 Å². The number of fused-ring (bicyclic) bond motifs is 1. The van der Waals surface area contributed by atoms with Crippen molar-refractivity contribution in [3.63, 3.8) is 0 Å². The molecule has 20 heavy (non-hydrogen) atoms. The van der Waals surface area contributed by atoms with Crippen LogP contribution in [0.5, 0.6) is 0 Å². The number of carbonyl (C=O) groups excluding carboxylic acids is 1. The molecule has 108 valence electrons. The summed E-state index contributed by atoms with van der Waals surface area (Å²) in [6, 6.07) is 8.39. The molecule has 1 unspecified atom stereocenters. The van der Waals surface area contributed by atoms with Crippen molar-refractivity contribution in [1.82, 2.24) is 5.32 Å². The number of alkyl carbamates (subject to hydrolysis) is 1. The van der Waals surface area contributed by atoms with Gasteiger partial charge in [-0.1, -0.05) is 30.3 Å². The Morgan fingerprint density at radius 2 is 1.95 bits per heavy atom. The maximum absolute atomic E-state index is 11.8. The molecule has 1 aliphatic rings. The number of carbonyl (C=O) groups is 1. The van der Waals surface area contributed by atoms with Crippen molar-refractivity contribution in [2.75, 3.05) is 0 Å². The number of hydrogen-bond donors (Lipinski definition) is 1. The molecule has 0 radical (unpaired) electrons. The minimum atomic E-state index is -0.461. The van der Waals surface area contributed by atoms with Crippen molar-refractivity contribution >= 4 is 12.2 Å². The Bertz CT molecular complexity index is 526. The first-order chi connectivity index (χ1) is 9.35. The van der Waals surface area contributed by atoms with Crippen LogP contribution in [0.3, 0.4) is 0 Å². The Balaban J connectivity index is 2.02. The maximum Gasteiger partial charge on any atom is 0.408 e. The Kier molecular flexibility index (Phi) is 4.17. The van der Waals surface area contributed by atoms with E-state index in [1.54, 1.807) is 0 Å². The molecule has 1 aromatic rings. The van der Waals surface area contributed by atoms with Crippen LogP contribution >= 0.6 is 0 Å². The summed E-state index contributed by atoms with van der Waals surface area (Å²) >= 11 is 0. The van der Waals surface area contributed by atoms with Gasteiger partial charge in [0.15, 0.2) is 0 Å². The summed E-state index contributed by atoms with van der Waals surface area (Å²) in [5, 5.41) is 2.91. The van der Waals surface area contributed by atoms with E-state index in [1.807, 2.05) is 33.8 Å². The van der Waals surface area contributed by atoms with E-state index < -0.39 is 5.60 Å². The fourth-order valence-corrected chi connectivity index (χ4v) is 2.37. The first-order valence-corrected chi connectivity index (χ1v) is 7.13. The minimum absolute atomic E-state index is 0.00166. The number of ether oxygens (including phenoxy) is 1. The lowest BCUT2D eigenvalue weighted by atomic mass is 9.89. The lowest BCUT2D eigenvalue weighted by molar-refractivity contribution is 0.0515. The Hall–Kier alpha value is -1.77. The van der Waals surface area contributed by atoms with E-state index in [9.17, 15) is 4.79 Å². The summed E-state index contributed by atoms with van der Waals surface area (Å²) in [4.78, 5) is 11.8. The van der Waals surface area contributed by atoms with Gasteiger partial charge in [0.2, 0.25) is 0 Å². The van der Waals surface area contributed by atoms with Crippen LogP contribution in [0.2, 0.25) is 0 Å². The van der Waals surface area contributed by atoms with Gasteiger partial charge in [-0.25, -0.2) is 4.79 Å². The van der Waals surface area contributed by atoms with E-state index in [2.05, 4.69) is 29.6 Å². The van der Waals surface area contributed by atoms with Crippen molar-refractivity contribution in [1.29, 1.82) is 0 Å². The Morgan fingerprint density at radius 3 is 2.65 bits per heavy atom. The molecule has 0 fully saturated rings. The molecule has 1 amide bonds. The van der Waals surface area contributed by atoms with E-state index in [4.69, 9.17) is 4.74 Å². The van der Waals surface area contributed by atoms with Gasteiger partial charge in [0, 0.05) is 0 Å². The Labute approximate surface area is 121 Å². The third kappa shape index (κ3) is 3.86. The number of nitrogens with one attached hydrogen (secondary N) is 1. The zero-order valence-electron chi connectivity index (χ0n) is 12.7. The van der Waals surface area contributed by atoms with Gasteiger partial charge in [0.25, 0.3) is 0 Å². The summed E-state index contributed by atoms with van der Waals surface area (Å²) in [7, 11) is 0. The zero-order chi connectivity index (χ0) is 14.8. The average Bonchev–Trinajstić information content (AvgIpc) is 2.35. The smallest absolute Gasteiger partial charge is 0.408 e. The summed E-state index contributed by atoms with van der Waals surface area (Å²) < 4.78 is 5.29. The molecule has 1 aliphatic carbocycles. The largest absolute Gasteiger partial charge is 0.444 e. The average molecular weight is 273 g/mol. The number of rotatable bonds is 2. The highest BCUT2D eigenvalue weighted by atomic mass is 16.6. The highest BCUT2D eigenvalue weighted by Gasteiger charge is 2.20. The first kappa shape index (κ1) is 14.6. The number of hydrogen-bond acceptors (Lipinski definition) is 2. The van der Waals surface area contributed by atoms with Crippen molar-refractivity contribution in [2.24, 2.45) is 0 Å². The second-order valence-electron chi connectivity index (χ2n) is 6.29. The van der Waals surface area contributed by atoms with Gasteiger partial charge < -0.3 is 10.1 Å². The molecule has 3 nitrogen and oxygen atoms in total. The maximum atomic E-state index is 11.8. The zero-order valence-corrected chi connectivity index (χ0v) is 12.7. The molecule has 1 aromatic carbocycles. The van der Waals surface area contributed by atoms with E-state index in [1.165, 1.54) is 16.7 Å². The lowest BCUT2D eigenvalue weighted by Gasteiger charge is -2.25. The van der Waals surface area contributed by atoms with Crippen LogP contribution in [-0.2, 0) is 11.2 Å². The van der Waals surface area contributed by atoms with Crippen LogP contribution in [-0.4, -0.2) is 17.7 Å². The second-order valence-corrected chi connectivity index (χ2v) is 6.29. The highest BCUT2D eigenvalue weighted by Crippen LogP contribution is 2.25. The van der Waals surface area contributed by atoms with E-state index in [0.717, 1.165) is 12.8 Å². The van der Waals surface area contributed by atoms with Crippen LogP contribution in [0.1, 0.15) is 45.2 Å². The van der Waals surface area contributed by atoms with Crippen molar-refractivity contribution in [2.45, 2.75) is 52.2 Å². The van der Waals surface area contributed by atoms with Crippen LogP contribution in [0, 0.1) is 0 Å². The highest BCUT2D eigenvalue weighted by molar-refractivity contribution is 5.70. The van der Waals surface area contributed by atoms with Crippen LogP contribution in [0.15, 0.2) is 29.8 Å². The molecule has 1 N–H and O–H groups in total. The van der Waals surface area contributed by atoms with E-state index in [0.29, 0.717) is 0 Å². The predicted molar refractivity (Wildman–Crippen MR) is 81.6 cm³/mol. The minimum Gasteiger partial charge on any atom is -0.444 e. The number of amides is 1. The van der Waals surface area contributed by atoms with Gasteiger partial charge in [0.1, 0.15) is 5.60 Å². The molecule has 0 saturated heterocycles. The topological polar surface area (TPSA) is 38.3 Å². The SMILES string of the molecule is CC(NC(=O)OC(C)(C)C)C1=Cc2ccccc2CC1. The van der Waals surface area contributed by atoms with Gasteiger partial charge >= 0.3 is 6.09 Å². The summed E-state index contributed by atoms with van der Waals surface area (Å²) in [6.45, 7) is 7.61. The third-order valence-corrected chi connectivity index (χ3v) is 3.37. The second kappa shape index (κ2) is 5.70. The van der Waals surface area contributed by atoms with Gasteiger partial charge in [-0.15, -0.1) is 0 Å². The molecule has 0 bridgehead atoms. The molecular weight excluding hydrogens is 250 g/mol. The van der Waals surface area contributed by atoms with Crippen molar-refractivity contribution in [3.8, 4) is 0 Å². The quantitative estimate of drug-likeness (QED) is 0.886. The van der Waals surface area contributed by atoms with E-state index >= 15 is 0 Å². The van der Waals surface area contributed by atoms with Crippen molar-refractivity contribution in [3.05, 3.63) is 41.0 Å².